The first-order valence-electron chi connectivity index (χ1n) is 14.5. The van der Waals surface area contributed by atoms with Crippen LogP contribution in [0.15, 0.2) is 24.2 Å². The highest BCUT2D eigenvalue weighted by atomic mass is 16.5. The Kier molecular flexibility index (Phi) is 7.57. The van der Waals surface area contributed by atoms with Crippen LogP contribution >= 0.6 is 0 Å². The number of hydrogen-bond acceptors (Lipinski definition) is 7. The predicted molar refractivity (Wildman–Crippen MR) is 142 cm³/mol. The molecule has 4 aliphatic rings. The molecule has 0 radical (unpaired) electrons. The number of nitrogens with one attached hydrogen (secondary N) is 2. The molecular formula is C30H41N3O6. The van der Waals surface area contributed by atoms with Crippen LogP contribution in [0.4, 0.5) is 0 Å². The Hall–Kier alpha value is -2.81. The highest BCUT2D eigenvalue weighted by Crippen LogP contribution is 2.67. The van der Waals surface area contributed by atoms with Gasteiger partial charge in [-0.1, -0.05) is 19.4 Å². The van der Waals surface area contributed by atoms with Crippen molar-refractivity contribution in [3.05, 3.63) is 29.9 Å². The maximum absolute atomic E-state index is 13.3. The van der Waals surface area contributed by atoms with E-state index in [-0.39, 0.29) is 35.9 Å². The molecule has 3 unspecified atom stereocenters. The minimum absolute atomic E-state index is 0.0239. The van der Waals surface area contributed by atoms with E-state index in [0.717, 1.165) is 44.2 Å². The minimum Gasteiger partial charge on any atom is -0.458 e. The van der Waals surface area contributed by atoms with Crippen LogP contribution in [0.1, 0.15) is 83.7 Å². The predicted octanol–water partition coefficient (Wildman–Crippen LogP) is 3.22. The molecule has 0 aromatic carbocycles. The van der Waals surface area contributed by atoms with Crippen LogP contribution in [0.5, 0.6) is 0 Å². The molecule has 3 N–H and O–H groups in total. The van der Waals surface area contributed by atoms with Gasteiger partial charge in [-0.05, 0) is 74.2 Å². The quantitative estimate of drug-likeness (QED) is 0.410. The van der Waals surface area contributed by atoms with Gasteiger partial charge in [0.2, 0.25) is 11.7 Å². The van der Waals surface area contributed by atoms with Crippen LogP contribution in [0, 0.1) is 28.6 Å². The lowest BCUT2D eigenvalue weighted by Gasteiger charge is -2.58. The minimum atomic E-state index is -1.52. The highest BCUT2D eigenvalue weighted by Gasteiger charge is 2.66. The van der Waals surface area contributed by atoms with Crippen LogP contribution in [-0.2, 0) is 30.3 Å². The molecule has 9 nitrogen and oxygen atoms in total. The summed E-state index contributed by atoms with van der Waals surface area (Å²) in [4.78, 5) is 56.6. The second-order valence-corrected chi connectivity index (χ2v) is 12.6. The van der Waals surface area contributed by atoms with Crippen molar-refractivity contribution in [2.24, 2.45) is 28.6 Å². The van der Waals surface area contributed by atoms with Crippen molar-refractivity contribution in [1.82, 2.24) is 15.3 Å². The fraction of sp³-hybridized carbons (Fsp3) is 0.700. The fourth-order valence-corrected chi connectivity index (χ4v) is 8.43. The highest BCUT2D eigenvalue weighted by molar-refractivity contribution is 5.92. The largest absolute Gasteiger partial charge is 0.458 e. The fourth-order valence-electron chi connectivity index (χ4n) is 8.43. The summed E-state index contributed by atoms with van der Waals surface area (Å²) >= 11 is 0. The molecule has 3 saturated carbocycles. The van der Waals surface area contributed by atoms with Gasteiger partial charge in [0, 0.05) is 43.1 Å². The molecule has 212 valence electrons. The molecule has 1 heterocycles. The van der Waals surface area contributed by atoms with Crippen LogP contribution < -0.4 is 5.32 Å². The molecule has 1 aromatic rings. The van der Waals surface area contributed by atoms with E-state index in [2.05, 4.69) is 22.2 Å². The molecule has 9 heteroatoms. The van der Waals surface area contributed by atoms with Gasteiger partial charge in [0.1, 0.15) is 5.60 Å². The molecule has 0 saturated heterocycles. The Morgan fingerprint density at radius 2 is 1.90 bits per heavy atom. The number of allylic oxidation sites excluding steroid dienone is 1. The van der Waals surface area contributed by atoms with Crippen molar-refractivity contribution >= 4 is 23.4 Å². The number of carbonyl (C=O) groups excluding carboxylic acids is 4. The Bertz CT molecular complexity index is 1160. The van der Waals surface area contributed by atoms with E-state index in [1.165, 1.54) is 5.57 Å². The van der Waals surface area contributed by atoms with Crippen LogP contribution in [0.3, 0.4) is 0 Å². The maximum atomic E-state index is 13.3. The van der Waals surface area contributed by atoms with Gasteiger partial charge in [-0.25, -0.2) is 4.98 Å². The van der Waals surface area contributed by atoms with E-state index in [1.807, 2.05) is 13.0 Å². The molecule has 3 fully saturated rings. The summed E-state index contributed by atoms with van der Waals surface area (Å²) < 4.78 is 5.24. The number of fused-ring (bicyclic) bond motifs is 5. The number of aliphatic hydroxyl groups is 1. The number of amides is 1. The summed E-state index contributed by atoms with van der Waals surface area (Å²) in [5.74, 6) is 0.0190. The van der Waals surface area contributed by atoms with E-state index in [0.29, 0.717) is 37.6 Å². The molecule has 39 heavy (non-hydrogen) atoms. The van der Waals surface area contributed by atoms with Crippen LogP contribution in [-0.4, -0.2) is 57.3 Å². The number of imidazole rings is 1. The zero-order chi connectivity index (χ0) is 27.8. The monoisotopic (exact) mass is 539 g/mol. The summed E-state index contributed by atoms with van der Waals surface area (Å²) in [5, 5.41) is 14.5. The number of carbonyl (C=O) groups is 4. The number of hydrogen-bond donors (Lipinski definition) is 3. The molecular weight excluding hydrogens is 498 g/mol. The van der Waals surface area contributed by atoms with Crippen molar-refractivity contribution in [3.63, 3.8) is 0 Å². The van der Waals surface area contributed by atoms with Gasteiger partial charge in [0.05, 0.1) is 12.7 Å². The average molecular weight is 540 g/mol. The van der Waals surface area contributed by atoms with Crippen LogP contribution in [0.25, 0.3) is 0 Å². The normalized spacial score (nSPS) is 35.3. The summed E-state index contributed by atoms with van der Waals surface area (Å²) in [5.41, 5.74) is 0.156. The van der Waals surface area contributed by atoms with Gasteiger partial charge < -0.3 is 20.1 Å². The SMILES string of the molecule is C[C@]12CCC(=O)C=C1CCC1C2CC[C@@]2(C)C1CC[C@]2(O)C(=O)COC(=O)CCC(=O)NCCc1cnc[nH]1. The first kappa shape index (κ1) is 27.7. The Balaban J connectivity index is 1.13. The molecule has 0 aliphatic heterocycles. The van der Waals surface area contributed by atoms with Crippen molar-refractivity contribution in [2.75, 3.05) is 13.2 Å². The Labute approximate surface area is 229 Å². The first-order valence-corrected chi connectivity index (χ1v) is 14.5. The van der Waals surface area contributed by atoms with Gasteiger partial charge in [-0.3, -0.25) is 19.2 Å². The number of nitrogens with zero attached hydrogens (tertiary/aromatic N) is 1. The third-order valence-electron chi connectivity index (χ3n) is 10.8. The number of Topliss-reactive ketones (excluding diaryl/α,β-unsaturated/α-hetero) is 1. The number of H-pyrrole nitrogens is 1. The van der Waals surface area contributed by atoms with Crippen molar-refractivity contribution in [2.45, 2.75) is 90.1 Å². The molecule has 0 bridgehead atoms. The third kappa shape index (κ3) is 4.98. The van der Waals surface area contributed by atoms with E-state index in [9.17, 15) is 24.3 Å². The summed E-state index contributed by atoms with van der Waals surface area (Å²) in [7, 11) is 0. The molecule has 6 atom stereocenters. The summed E-state index contributed by atoms with van der Waals surface area (Å²) in [6.07, 6.45) is 11.8. The second-order valence-electron chi connectivity index (χ2n) is 12.6. The van der Waals surface area contributed by atoms with Gasteiger partial charge >= 0.3 is 5.97 Å². The van der Waals surface area contributed by atoms with Gasteiger partial charge in [0.25, 0.3) is 0 Å². The number of aromatic nitrogens is 2. The zero-order valence-corrected chi connectivity index (χ0v) is 23.1. The van der Waals surface area contributed by atoms with Crippen LogP contribution in [0.2, 0.25) is 0 Å². The number of rotatable bonds is 9. The smallest absolute Gasteiger partial charge is 0.306 e. The lowest BCUT2D eigenvalue weighted by atomic mass is 9.46. The van der Waals surface area contributed by atoms with Gasteiger partial charge in [-0.2, -0.15) is 0 Å². The van der Waals surface area contributed by atoms with E-state index in [4.69, 9.17) is 4.74 Å². The number of ketones is 2. The molecule has 0 spiro atoms. The molecule has 1 amide bonds. The van der Waals surface area contributed by atoms with Crippen molar-refractivity contribution in [3.8, 4) is 0 Å². The zero-order valence-electron chi connectivity index (χ0n) is 23.1. The van der Waals surface area contributed by atoms with E-state index >= 15 is 0 Å². The second kappa shape index (κ2) is 10.6. The number of esters is 1. The number of ether oxygens (including phenoxy) is 1. The maximum Gasteiger partial charge on any atom is 0.306 e. The summed E-state index contributed by atoms with van der Waals surface area (Å²) in [6, 6.07) is 0. The molecule has 1 aromatic heterocycles. The topological polar surface area (TPSA) is 138 Å². The molecule has 5 rings (SSSR count). The Morgan fingerprint density at radius 1 is 1.10 bits per heavy atom. The Morgan fingerprint density at radius 3 is 2.67 bits per heavy atom. The molecule has 4 aliphatic carbocycles. The van der Waals surface area contributed by atoms with Gasteiger partial charge in [-0.15, -0.1) is 0 Å². The van der Waals surface area contributed by atoms with Gasteiger partial charge in [0.15, 0.2) is 12.4 Å². The van der Waals surface area contributed by atoms with Crippen molar-refractivity contribution in [1.29, 1.82) is 0 Å². The lowest BCUT2D eigenvalue weighted by molar-refractivity contribution is -0.170. The van der Waals surface area contributed by atoms with Crippen molar-refractivity contribution < 1.29 is 29.0 Å². The summed E-state index contributed by atoms with van der Waals surface area (Å²) in [6.45, 7) is 4.32. The van der Waals surface area contributed by atoms with E-state index in [1.54, 1.807) is 12.5 Å². The third-order valence-corrected chi connectivity index (χ3v) is 10.8. The lowest BCUT2D eigenvalue weighted by Crippen LogP contribution is -2.58. The first-order chi connectivity index (χ1) is 18.6. The van der Waals surface area contributed by atoms with E-state index < -0.39 is 29.4 Å². The average Bonchev–Trinajstić information content (AvgIpc) is 3.53. The number of aromatic amines is 1. The standard InChI is InChI=1S/C30H41N3O6/c1-28-11-7-21(34)15-19(28)3-4-22-23(28)8-12-29(2)24(22)9-13-30(29,38)25(35)17-39-27(37)6-5-26(36)32-14-10-20-16-31-18-33-20/h15-16,18,22-24,38H,3-14,17H2,1-2H3,(H,31,33)(H,32,36)/t22?,23?,24?,28-,29-,30-/m0/s1.